The third-order valence-electron chi connectivity index (χ3n) is 1.05. The lowest BCUT2D eigenvalue weighted by Gasteiger charge is -2.23. The SMILES string of the molecule is CCOCCOC[N+](C)(C)C.[Cl-]. The van der Waals surface area contributed by atoms with Gasteiger partial charge in [-0.3, -0.25) is 0 Å². The van der Waals surface area contributed by atoms with Gasteiger partial charge in [0.2, 0.25) is 0 Å². The Bertz CT molecular complexity index is 93.5. The number of hydrogen-bond acceptors (Lipinski definition) is 2. The lowest BCUT2D eigenvalue weighted by molar-refractivity contribution is -0.890. The number of hydrogen-bond donors (Lipinski definition) is 0. The molecule has 0 aromatic carbocycles. The highest BCUT2D eigenvalue weighted by molar-refractivity contribution is 4.24. The first-order valence-corrected chi connectivity index (χ1v) is 4.02. The van der Waals surface area contributed by atoms with E-state index < -0.39 is 0 Å². The van der Waals surface area contributed by atoms with Crippen molar-refractivity contribution in [2.75, 3.05) is 47.7 Å². The second kappa shape index (κ2) is 7.80. The summed E-state index contributed by atoms with van der Waals surface area (Å²) in [6.07, 6.45) is 0. The maximum absolute atomic E-state index is 5.35. The van der Waals surface area contributed by atoms with E-state index in [-0.39, 0.29) is 12.4 Å². The topological polar surface area (TPSA) is 18.5 Å². The average molecular weight is 198 g/mol. The predicted molar refractivity (Wildman–Crippen MR) is 45.3 cm³/mol. The number of ether oxygens (including phenoxy) is 2. The molecule has 0 fully saturated rings. The summed E-state index contributed by atoms with van der Waals surface area (Å²) in [6, 6.07) is 0. The molecule has 0 spiro atoms. The van der Waals surface area contributed by atoms with E-state index in [4.69, 9.17) is 9.47 Å². The third-order valence-corrected chi connectivity index (χ3v) is 1.05. The third kappa shape index (κ3) is 12.8. The normalized spacial score (nSPS) is 11.0. The summed E-state index contributed by atoms with van der Waals surface area (Å²) >= 11 is 0. The first kappa shape index (κ1) is 14.7. The Labute approximate surface area is 81.6 Å². The molecule has 4 heteroatoms. The van der Waals surface area contributed by atoms with Crippen molar-refractivity contribution in [2.45, 2.75) is 6.92 Å². The molecule has 0 aromatic heterocycles. The van der Waals surface area contributed by atoms with Crippen LogP contribution in [0.25, 0.3) is 0 Å². The Morgan fingerprint density at radius 1 is 1.00 bits per heavy atom. The Morgan fingerprint density at radius 2 is 1.50 bits per heavy atom. The van der Waals surface area contributed by atoms with E-state index in [9.17, 15) is 0 Å². The Balaban J connectivity index is 0. The van der Waals surface area contributed by atoms with Gasteiger partial charge in [0, 0.05) is 6.61 Å². The Kier molecular flexibility index (Phi) is 9.54. The zero-order chi connectivity index (χ0) is 8.74. The second-order valence-electron chi connectivity index (χ2n) is 3.52. The second-order valence-corrected chi connectivity index (χ2v) is 3.52. The smallest absolute Gasteiger partial charge is 0.182 e. The molecular formula is C8H20ClNO2. The molecule has 0 amide bonds. The van der Waals surface area contributed by atoms with Crippen LogP contribution in [0.2, 0.25) is 0 Å². The fraction of sp³-hybridized carbons (Fsp3) is 1.00. The summed E-state index contributed by atoms with van der Waals surface area (Å²) in [5.41, 5.74) is 0. The van der Waals surface area contributed by atoms with Crippen molar-refractivity contribution in [3.8, 4) is 0 Å². The summed E-state index contributed by atoms with van der Waals surface area (Å²) in [4.78, 5) is 0. The van der Waals surface area contributed by atoms with Gasteiger partial charge in [0.15, 0.2) is 6.73 Å². The minimum absolute atomic E-state index is 0. The van der Waals surface area contributed by atoms with Crippen LogP contribution < -0.4 is 12.4 Å². The van der Waals surface area contributed by atoms with Crippen molar-refractivity contribution in [1.82, 2.24) is 0 Å². The van der Waals surface area contributed by atoms with Crippen LogP contribution in [-0.2, 0) is 9.47 Å². The molecular weight excluding hydrogens is 178 g/mol. The van der Waals surface area contributed by atoms with E-state index in [1.165, 1.54) is 0 Å². The quantitative estimate of drug-likeness (QED) is 0.271. The molecule has 0 heterocycles. The highest BCUT2D eigenvalue weighted by atomic mass is 35.5. The molecule has 3 nitrogen and oxygen atoms in total. The highest BCUT2D eigenvalue weighted by Gasteiger charge is 2.04. The predicted octanol–water partition coefficient (Wildman–Crippen LogP) is -2.29. The lowest BCUT2D eigenvalue weighted by Crippen LogP contribution is -3.00. The summed E-state index contributed by atoms with van der Waals surface area (Å²) < 4.78 is 11.3. The van der Waals surface area contributed by atoms with E-state index in [1.54, 1.807) is 0 Å². The fourth-order valence-electron chi connectivity index (χ4n) is 0.601. The summed E-state index contributed by atoms with van der Waals surface area (Å²) in [7, 11) is 6.29. The Morgan fingerprint density at radius 3 is 1.92 bits per heavy atom. The summed E-state index contributed by atoms with van der Waals surface area (Å²) in [5, 5.41) is 0. The van der Waals surface area contributed by atoms with Crippen molar-refractivity contribution in [3.05, 3.63) is 0 Å². The first-order valence-electron chi connectivity index (χ1n) is 4.02. The van der Waals surface area contributed by atoms with Crippen LogP contribution in [0.1, 0.15) is 6.92 Å². The molecule has 0 aliphatic heterocycles. The van der Waals surface area contributed by atoms with E-state index in [0.29, 0.717) is 13.2 Å². The zero-order valence-electron chi connectivity index (χ0n) is 8.47. The van der Waals surface area contributed by atoms with Gasteiger partial charge in [-0.25, -0.2) is 0 Å². The molecule has 0 atom stereocenters. The van der Waals surface area contributed by atoms with Gasteiger partial charge in [-0.15, -0.1) is 0 Å². The molecule has 0 rings (SSSR count). The van der Waals surface area contributed by atoms with Crippen molar-refractivity contribution in [3.63, 3.8) is 0 Å². The van der Waals surface area contributed by atoms with Gasteiger partial charge in [0.05, 0.1) is 34.4 Å². The number of halogens is 1. The van der Waals surface area contributed by atoms with Crippen LogP contribution in [0.5, 0.6) is 0 Å². The van der Waals surface area contributed by atoms with E-state index in [0.717, 1.165) is 17.8 Å². The van der Waals surface area contributed by atoms with Crippen molar-refractivity contribution in [2.24, 2.45) is 0 Å². The molecule has 0 saturated carbocycles. The molecule has 0 aliphatic rings. The van der Waals surface area contributed by atoms with Crippen LogP contribution in [0, 0.1) is 0 Å². The first-order chi connectivity index (χ1) is 5.06. The van der Waals surface area contributed by atoms with E-state index in [1.807, 2.05) is 6.92 Å². The van der Waals surface area contributed by atoms with Gasteiger partial charge in [-0.2, -0.15) is 0 Å². The average Bonchev–Trinajstić information content (AvgIpc) is 1.85. The van der Waals surface area contributed by atoms with Crippen LogP contribution in [0.3, 0.4) is 0 Å². The van der Waals surface area contributed by atoms with Crippen LogP contribution in [0.4, 0.5) is 0 Å². The largest absolute Gasteiger partial charge is 1.00 e. The minimum atomic E-state index is 0. The zero-order valence-corrected chi connectivity index (χ0v) is 9.23. The minimum Gasteiger partial charge on any atom is -1.00 e. The monoisotopic (exact) mass is 197 g/mol. The fourth-order valence-corrected chi connectivity index (χ4v) is 0.601. The van der Waals surface area contributed by atoms with Crippen LogP contribution >= 0.6 is 0 Å². The standard InChI is InChI=1S/C8H20NO2.ClH/c1-5-10-6-7-11-8-9(2,3)4;/h5-8H2,1-4H3;1H/q+1;/p-1. The van der Waals surface area contributed by atoms with Gasteiger partial charge in [0.1, 0.15) is 0 Å². The maximum Gasteiger partial charge on any atom is 0.182 e. The Hall–Kier alpha value is 0.170. The summed E-state index contributed by atoms with van der Waals surface area (Å²) in [6.45, 7) is 4.90. The van der Waals surface area contributed by atoms with Gasteiger partial charge < -0.3 is 26.4 Å². The molecule has 0 radical (unpaired) electrons. The van der Waals surface area contributed by atoms with E-state index in [2.05, 4.69) is 21.1 Å². The maximum atomic E-state index is 5.35. The molecule has 76 valence electrons. The summed E-state index contributed by atoms with van der Waals surface area (Å²) in [5.74, 6) is 0. The van der Waals surface area contributed by atoms with Crippen molar-refractivity contribution >= 4 is 0 Å². The van der Waals surface area contributed by atoms with E-state index >= 15 is 0 Å². The number of quaternary nitrogens is 1. The van der Waals surface area contributed by atoms with Gasteiger partial charge in [-0.1, -0.05) is 0 Å². The van der Waals surface area contributed by atoms with Crippen LogP contribution in [0.15, 0.2) is 0 Å². The van der Waals surface area contributed by atoms with Crippen molar-refractivity contribution in [1.29, 1.82) is 0 Å². The van der Waals surface area contributed by atoms with Gasteiger partial charge in [0.25, 0.3) is 0 Å². The molecule has 0 N–H and O–H groups in total. The lowest BCUT2D eigenvalue weighted by atomic mass is 10.7. The van der Waals surface area contributed by atoms with Crippen molar-refractivity contribution < 1.29 is 26.4 Å². The molecule has 0 saturated heterocycles. The van der Waals surface area contributed by atoms with Gasteiger partial charge >= 0.3 is 0 Å². The molecule has 0 aromatic rings. The molecule has 0 aliphatic carbocycles. The molecule has 0 bridgehead atoms. The number of nitrogens with zero attached hydrogens (tertiary/aromatic N) is 1. The number of rotatable bonds is 6. The molecule has 12 heavy (non-hydrogen) atoms. The van der Waals surface area contributed by atoms with Crippen LogP contribution in [-0.4, -0.2) is 52.2 Å². The molecule has 0 unspecified atom stereocenters. The highest BCUT2D eigenvalue weighted by Crippen LogP contribution is 1.89. The van der Waals surface area contributed by atoms with Gasteiger partial charge in [-0.05, 0) is 6.92 Å².